The molecule has 0 spiro atoms. The summed E-state index contributed by atoms with van der Waals surface area (Å²) in [5.74, 6) is -0.421. The van der Waals surface area contributed by atoms with Crippen LogP contribution in [0.15, 0.2) is 28.6 Å². The molecular weight excluding hydrogens is 387 g/mol. The van der Waals surface area contributed by atoms with Crippen molar-refractivity contribution < 1.29 is 9.18 Å². The molecule has 0 fully saturated rings. The van der Waals surface area contributed by atoms with Crippen molar-refractivity contribution in [2.45, 2.75) is 30.4 Å². The highest BCUT2D eigenvalue weighted by molar-refractivity contribution is 8.02. The third-order valence-electron chi connectivity index (χ3n) is 3.91. The Kier molecular flexibility index (Phi) is 5.76. The summed E-state index contributed by atoms with van der Waals surface area (Å²) in [7, 11) is 1.84. The van der Waals surface area contributed by atoms with E-state index in [9.17, 15) is 9.18 Å². The number of nitrogens with one attached hydrogen (secondary N) is 2. The minimum Gasteiger partial charge on any atom is -0.330 e. The van der Waals surface area contributed by atoms with E-state index in [2.05, 4.69) is 25.9 Å². The first kappa shape index (κ1) is 19.3. The van der Waals surface area contributed by atoms with Crippen molar-refractivity contribution in [3.8, 4) is 0 Å². The summed E-state index contributed by atoms with van der Waals surface area (Å²) >= 11 is 2.66. The highest BCUT2D eigenvalue weighted by atomic mass is 32.2. The van der Waals surface area contributed by atoms with Crippen LogP contribution in [0.3, 0.4) is 0 Å². The van der Waals surface area contributed by atoms with Crippen molar-refractivity contribution in [1.82, 2.24) is 20.0 Å². The van der Waals surface area contributed by atoms with Crippen LogP contribution in [0.5, 0.6) is 0 Å². The minimum atomic E-state index is -0.351. The van der Waals surface area contributed by atoms with Gasteiger partial charge in [-0.05, 0) is 45.0 Å². The number of hydrogen-bond acceptors (Lipinski definition) is 7. The molecular formula is C17H19FN6OS2. The molecule has 0 unspecified atom stereocenters. The number of hydrogen-bond donors (Lipinski definition) is 2. The summed E-state index contributed by atoms with van der Waals surface area (Å²) in [6, 6.07) is 5.98. The number of thioether (sulfide) groups is 1. The molecule has 0 radical (unpaired) electrons. The van der Waals surface area contributed by atoms with Crippen molar-refractivity contribution in [2.24, 2.45) is 7.05 Å². The fourth-order valence-corrected chi connectivity index (χ4v) is 4.26. The van der Waals surface area contributed by atoms with E-state index in [4.69, 9.17) is 0 Å². The molecule has 142 valence electrons. The minimum absolute atomic E-state index is 0.123. The number of aromatic nitrogens is 4. The standard InChI is InChI=1S/C17H19FN6OS2/c1-9-14(10(2)24(4)23-9)20-15(25)11(3)26-17-22-21-16(27-17)19-13-7-5-12(18)6-8-13/h5-8,11H,1-4H3,(H,19,21)(H,20,25)/t11-/m0/s1. The van der Waals surface area contributed by atoms with E-state index >= 15 is 0 Å². The van der Waals surface area contributed by atoms with Gasteiger partial charge in [-0.3, -0.25) is 9.48 Å². The van der Waals surface area contributed by atoms with E-state index < -0.39 is 0 Å². The first-order valence-corrected chi connectivity index (χ1v) is 9.87. The smallest absolute Gasteiger partial charge is 0.237 e. The largest absolute Gasteiger partial charge is 0.330 e. The van der Waals surface area contributed by atoms with Crippen LogP contribution in [0.4, 0.5) is 20.9 Å². The zero-order valence-electron chi connectivity index (χ0n) is 15.3. The van der Waals surface area contributed by atoms with Crippen LogP contribution in [0.1, 0.15) is 18.3 Å². The molecule has 0 saturated carbocycles. The molecule has 27 heavy (non-hydrogen) atoms. The van der Waals surface area contributed by atoms with E-state index in [0.29, 0.717) is 9.47 Å². The van der Waals surface area contributed by atoms with E-state index in [1.54, 1.807) is 16.8 Å². The summed E-state index contributed by atoms with van der Waals surface area (Å²) < 4.78 is 15.4. The summed E-state index contributed by atoms with van der Waals surface area (Å²) in [5, 5.41) is 18.7. The van der Waals surface area contributed by atoms with Gasteiger partial charge in [0.1, 0.15) is 5.82 Å². The molecule has 0 aliphatic carbocycles. The molecule has 2 heterocycles. The number of nitrogens with zero attached hydrogens (tertiary/aromatic N) is 4. The van der Waals surface area contributed by atoms with Crippen molar-refractivity contribution >= 4 is 45.5 Å². The molecule has 0 aliphatic heterocycles. The molecule has 7 nitrogen and oxygen atoms in total. The number of carbonyl (C=O) groups excluding carboxylic acids is 1. The van der Waals surface area contributed by atoms with Gasteiger partial charge in [0.05, 0.1) is 22.3 Å². The van der Waals surface area contributed by atoms with Crippen LogP contribution < -0.4 is 10.6 Å². The fourth-order valence-electron chi connectivity index (χ4n) is 2.35. The van der Waals surface area contributed by atoms with Gasteiger partial charge in [0.15, 0.2) is 4.34 Å². The van der Waals surface area contributed by atoms with E-state index in [1.165, 1.54) is 35.2 Å². The molecule has 1 atom stereocenters. The second kappa shape index (κ2) is 8.05. The van der Waals surface area contributed by atoms with Gasteiger partial charge in [-0.1, -0.05) is 23.1 Å². The van der Waals surface area contributed by atoms with Crippen LogP contribution in [-0.2, 0) is 11.8 Å². The zero-order valence-corrected chi connectivity index (χ0v) is 16.9. The van der Waals surface area contributed by atoms with Crippen LogP contribution >= 0.6 is 23.1 Å². The first-order valence-electron chi connectivity index (χ1n) is 8.17. The van der Waals surface area contributed by atoms with Gasteiger partial charge in [0.25, 0.3) is 0 Å². The Bertz CT molecular complexity index is 953. The second-order valence-corrected chi connectivity index (χ2v) is 8.49. The number of aryl methyl sites for hydroxylation is 2. The van der Waals surface area contributed by atoms with Crippen LogP contribution in [0.2, 0.25) is 0 Å². The quantitative estimate of drug-likeness (QED) is 0.604. The predicted molar refractivity (Wildman–Crippen MR) is 106 cm³/mol. The summed E-state index contributed by atoms with van der Waals surface area (Å²) in [6.45, 7) is 5.58. The number of carbonyl (C=O) groups is 1. The van der Waals surface area contributed by atoms with Crippen LogP contribution in [0.25, 0.3) is 0 Å². The predicted octanol–water partition coefficient (Wildman–Crippen LogP) is 3.89. The number of benzene rings is 1. The van der Waals surface area contributed by atoms with E-state index in [0.717, 1.165) is 22.8 Å². The molecule has 0 bridgehead atoms. The Morgan fingerprint density at radius 3 is 2.59 bits per heavy atom. The number of anilines is 3. The molecule has 1 aromatic carbocycles. The lowest BCUT2D eigenvalue weighted by Crippen LogP contribution is -2.23. The molecule has 3 rings (SSSR count). The highest BCUT2D eigenvalue weighted by Gasteiger charge is 2.20. The summed E-state index contributed by atoms with van der Waals surface area (Å²) in [4.78, 5) is 12.5. The summed E-state index contributed by atoms with van der Waals surface area (Å²) in [5.41, 5.74) is 3.14. The van der Waals surface area contributed by atoms with Crippen LogP contribution in [-0.4, -0.2) is 31.1 Å². The maximum atomic E-state index is 13.0. The van der Waals surface area contributed by atoms with Crippen molar-refractivity contribution in [3.05, 3.63) is 41.5 Å². The number of rotatable bonds is 6. The Morgan fingerprint density at radius 2 is 1.96 bits per heavy atom. The monoisotopic (exact) mass is 406 g/mol. The second-order valence-electron chi connectivity index (χ2n) is 5.92. The molecule has 2 N–H and O–H groups in total. The molecule has 10 heteroatoms. The van der Waals surface area contributed by atoms with Crippen molar-refractivity contribution in [2.75, 3.05) is 10.6 Å². The first-order chi connectivity index (χ1) is 12.8. The molecule has 0 aliphatic rings. The number of halogens is 1. The van der Waals surface area contributed by atoms with Gasteiger partial charge >= 0.3 is 0 Å². The third kappa shape index (κ3) is 4.64. The molecule has 0 saturated heterocycles. The lowest BCUT2D eigenvalue weighted by Gasteiger charge is -2.10. The maximum absolute atomic E-state index is 13.0. The van der Waals surface area contributed by atoms with Gasteiger partial charge in [-0.25, -0.2) is 4.39 Å². The lowest BCUT2D eigenvalue weighted by molar-refractivity contribution is -0.115. The van der Waals surface area contributed by atoms with Crippen molar-refractivity contribution in [3.63, 3.8) is 0 Å². The lowest BCUT2D eigenvalue weighted by atomic mass is 10.3. The van der Waals surface area contributed by atoms with Gasteiger partial charge in [-0.2, -0.15) is 5.10 Å². The fraction of sp³-hybridized carbons (Fsp3) is 0.294. The third-order valence-corrected chi connectivity index (χ3v) is 5.93. The number of amides is 1. The average molecular weight is 407 g/mol. The van der Waals surface area contributed by atoms with Gasteiger partial charge < -0.3 is 10.6 Å². The topological polar surface area (TPSA) is 84.7 Å². The molecule has 1 amide bonds. The van der Waals surface area contributed by atoms with Gasteiger partial charge in [0.2, 0.25) is 11.0 Å². The van der Waals surface area contributed by atoms with E-state index in [-0.39, 0.29) is 17.0 Å². The van der Waals surface area contributed by atoms with Crippen LogP contribution in [0, 0.1) is 19.7 Å². The molecule has 2 aromatic heterocycles. The molecule has 3 aromatic rings. The Hall–Kier alpha value is -2.46. The normalized spacial score (nSPS) is 12.0. The van der Waals surface area contributed by atoms with Crippen molar-refractivity contribution in [1.29, 1.82) is 0 Å². The zero-order chi connectivity index (χ0) is 19.6. The Morgan fingerprint density at radius 1 is 1.26 bits per heavy atom. The van der Waals surface area contributed by atoms with E-state index in [1.807, 2.05) is 27.8 Å². The van der Waals surface area contributed by atoms with Gasteiger partial charge in [0, 0.05) is 12.7 Å². The maximum Gasteiger partial charge on any atom is 0.237 e. The Labute approximate surface area is 164 Å². The highest BCUT2D eigenvalue weighted by Crippen LogP contribution is 2.31. The summed E-state index contributed by atoms with van der Waals surface area (Å²) in [6.07, 6.45) is 0. The Balaban J connectivity index is 1.60. The SMILES string of the molecule is Cc1nn(C)c(C)c1NC(=O)[C@H](C)Sc1nnc(Nc2ccc(F)cc2)s1. The van der Waals surface area contributed by atoms with Gasteiger partial charge in [-0.15, -0.1) is 10.2 Å². The average Bonchev–Trinajstić information content (AvgIpc) is 3.16.